The standard InChI is InChI=1S/C11H15BrN2O2/c1-7(2)9(6-12)14-11(16)8-3-4-13-10(15)5-8/h3-5,7,9H,6H2,1-2H3,(H,13,15)(H,14,16). The summed E-state index contributed by atoms with van der Waals surface area (Å²) in [5.74, 6) is 0.120. The minimum atomic E-state index is -0.271. The van der Waals surface area contributed by atoms with E-state index in [1.165, 1.54) is 12.3 Å². The molecule has 1 aromatic rings. The van der Waals surface area contributed by atoms with E-state index in [2.05, 4.69) is 26.2 Å². The lowest BCUT2D eigenvalue weighted by Crippen LogP contribution is -2.40. The van der Waals surface area contributed by atoms with Crippen molar-refractivity contribution < 1.29 is 4.79 Å². The van der Waals surface area contributed by atoms with Gasteiger partial charge in [0.2, 0.25) is 5.56 Å². The summed E-state index contributed by atoms with van der Waals surface area (Å²) in [5, 5.41) is 3.57. The number of aromatic amines is 1. The van der Waals surface area contributed by atoms with Crippen molar-refractivity contribution in [1.29, 1.82) is 0 Å². The number of amides is 1. The highest BCUT2D eigenvalue weighted by molar-refractivity contribution is 9.09. The number of rotatable bonds is 4. The molecular weight excluding hydrogens is 272 g/mol. The molecule has 0 saturated carbocycles. The Labute approximate surface area is 103 Å². The molecule has 0 saturated heterocycles. The van der Waals surface area contributed by atoms with E-state index < -0.39 is 0 Å². The van der Waals surface area contributed by atoms with E-state index in [-0.39, 0.29) is 17.5 Å². The highest BCUT2D eigenvalue weighted by Gasteiger charge is 2.15. The fourth-order valence-electron chi connectivity index (χ4n) is 1.22. The molecule has 0 aliphatic carbocycles. The Morgan fingerprint density at radius 1 is 1.56 bits per heavy atom. The topological polar surface area (TPSA) is 62.0 Å². The van der Waals surface area contributed by atoms with Crippen LogP contribution in [0.15, 0.2) is 23.1 Å². The largest absolute Gasteiger partial charge is 0.348 e. The molecule has 4 nitrogen and oxygen atoms in total. The number of nitrogens with one attached hydrogen (secondary N) is 2. The second-order valence-electron chi connectivity index (χ2n) is 3.92. The van der Waals surface area contributed by atoms with Gasteiger partial charge in [-0.1, -0.05) is 29.8 Å². The Hall–Kier alpha value is -1.10. The zero-order valence-corrected chi connectivity index (χ0v) is 10.9. The molecule has 1 unspecified atom stereocenters. The Kier molecular flexibility index (Phi) is 4.73. The molecule has 2 N–H and O–H groups in total. The zero-order chi connectivity index (χ0) is 12.1. The molecule has 1 amide bonds. The monoisotopic (exact) mass is 286 g/mol. The maximum absolute atomic E-state index is 11.8. The van der Waals surface area contributed by atoms with Gasteiger partial charge in [-0.15, -0.1) is 0 Å². The van der Waals surface area contributed by atoms with E-state index in [9.17, 15) is 9.59 Å². The van der Waals surface area contributed by atoms with E-state index >= 15 is 0 Å². The Balaban J connectivity index is 2.75. The first-order valence-electron chi connectivity index (χ1n) is 5.10. The first kappa shape index (κ1) is 13.0. The van der Waals surface area contributed by atoms with Gasteiger partial charge in [0.15, 0.2) is 0 Å². The summed E-state index contributed by atoms with van der Waals surface area (Å²) in [7, 11) is 0. The number of halogens is 1. The van der Waals surface area contributed by atoms with Gasteiger partial charge in [0.05, 0.1) is 0 Å². The summed E-state index contributed by atoms with van der Waals surface area (Å²) in [5.41, 5.74) is 0.114. The smallest absolute Gasteiger partial charge is 0.251 e. The molecule has 0 spiro atoms. The molecule has 1 rings (SSSR count). The fraction of sp³-hybridized carbons (Fsp3) is 0.455. The van der Waals surface area contributed by atoms with E-state index in [1.807, 2.05) is 13.8 Å². The van der Waals surface area contributed by atoms with Crippen molar-refractivity contribution in [2.24, 2.45) is 5.92 Å². The molecule has 88 valence electrons. The van der Waals surface area contributed by atoms with Gasteiger partial charge in [0.25, 0.3) is 5.91 Å². The molecule has 5 heteroatoms. The van der Waals surface area contributed by atoms with E-state index in [4.69, 9.17) is 0 Å². The Morgan fingerprint density at radius 3 is 2.75 bits per heavy atom. The number of carbonyl (C=O) groups excluding carboxylic acids is 1. The number of hydrogen-bond donors (Lipinski definition) is 2. The minimum Gasteiger partial charge on any atom is -0.348 e. The molecule has 0 aliphatic rings. The predicted molar refractivity (Wildman–Crippen MR) is 66.9 cm³/mol. The van der Waals surface area contributed by atoms with Crippen molar-refractivity contribution >= 4 is 21.8 Å². The average molecular weight is 287 g/mol. The molecule has 0 aliphatic heterocycles. The van der Waals surface area contributed by atoms with Crippen molar-refractivity contribution in [2.75, 3.05) is 5.33 Å². The maximum Gasteiger partial charge on any atom is 0.251 e. The molecule has 0 bridgehead atoms. The van der Waals surface area contributed by atoms with Crippen LogP contribution in [0.2, 0.25) is 0 Å². The van der Waals surface area contributed by atoms with Gasteiger partial charge in [0, 0.05) is 29.2 Å². The molecule has 1 heterocycles. The summed E-state index contributed by atoms with van der Waals surface area (Å²) in [4.78, 5) is 25.3. The summed E-state index contributed by atoms with van der Waals surface area (Å²) in [6.07, 6.45) is 1.47. The SMILES string of the molecule is CC(C)C(CBr)NC(=O)c1cc[nH]c(=O)c1. The van der Waals surface area contributed by atoms with Gasteiger partial charge < -0.3 is 10.3 Å². The molecule has 0 radical (unpaired) electrons. The zero-order valence-electron chi connectivity index (χ0n) is 9.29. The molecule has 0 aromatic carbocycles. The van der Waals surface area contributed by atoms with Crippen molar-refractivity contribution in [1.82, 2.24) is 10.3 Å². The predicted octanol–water partition coefficient (Wildman–Crippen LogP) is 1.52. The summed E-state index contributed by atoms with van der Waals surface area (Å²) in [6, 6.07) is 2.94. The lowest BCUT2D eigenvalue weighted by molar-refractivity contribution is 0.0931. The maximum atomic E-state index is 11.8. The third kappa shape index (κ3) is 3.48. The van der Waals surface area contributed by atoms with Crippen molar-refractivity contribution in [2.45, 2.75) is 19.9 Å². The Bertz CT molecular complexity index is 414. The first-order chi connectivity index (χ1) is 7.54. The van der Waals surface area contributed by atoms with Crippen LogP contribution in [-0.4, -0.2) is 22.3 Å². The summed E-state index contributed by atoms with van der Waals surface area (Å²) < 4.78 is 0. The fourth-order valence-corrected chi connectivity index (χ4v) is 2.13. The van der Waals surface area contributed by atoms with Crippen molar-refractivity contribution in [3.8, 4) is 0 Å². The highest BCUT2D eigenvalue weighted by atomic mass is 79.9. The molecule has 16 heavy (non-hydrogen) atoms. The number of carbonyl (C=O) groups is 1. The van der Waals surface area contributed by atoms with Gasteiger partial charge in [0.1, 0.15) is 0 Å². The van der Waals surface area contributed by atoms with Gasteiger partial charge in [-0.25, -0.2) is 0 Å². The van der Waals surface area contributed by atoms with Crippen LogP contribution in [0.5, 0.6) is 0 Å². The van der Waals surface area contributed by atoms with Crippen LogP contribution in [0.3, 0.4) is 0 Å². The first-order valence-corrected chi connectivity index (χ1v) is 6.22. The number of hydrogen-bond acceptors (Lipinski definition) is 2. The lowest BCUT2D eigenvalue weighted by Gasteiger charge is -2.19. The highest BCUT2D eigenvalue weighted by Crippen LogP contribution is 2.06. The second kappa shape index (κ2) is 5.84. The number of H-pyrrole nitrogens is 1. The molecule has 1 aromatic heterocycles. The average Bonchev–Trinajstić information content (AvgIpc) is 2.25. The minimum absolute atomic E-state index is 0.0618. The van der Waals surface area contributed by atoms with Crippen molar-refractivity contribution in [3.05, 3.63) is 34.2 Å². The van der Waals surface area contributed by atoms with Gasteiger partial charge in [-0.2, -0.15) is 0 Å². The molecule has 0 fully saturated rings. The van der Waals surface area contributed by atoms with Crippen LogP contribution in [0, 0.1) is 5.92 Å². The molecular formula is C11H15BrN2O2. The lowest BCUT2D eigenvalue weighted by atomic mass is 10.1. The third-order valence-corrected chi connectivity index (χ3v) is 3.02. The summed E-state index contributed by atoms with van der Waals surface area (Å²) in [6.45, 7) is 4.06. The van der Waals surface area contributed by atoms with Gasteiger partial charge in [-0.3, -0.25) is 9.59 Å². The van der Waals surface area contributed by atoms with Crippen LogP contribution in [0.25, 0.3) is 0 Å². The van der Waals surface area contributed by atoms with Crippen LogP contribution >= 0.6 is 15.9 Å². The van der Waals surface area contributed by atoms with Crippen molar-refractivity contribution in [3.63, 3.8) is 0 Å². The number of alkyl halides is 1. The number of pyridine rings is 1. The van der Waals surface area contributed by atoms with E-state index in [1.54, 1.807) is 6.07 Å². The molecule has 1 atom stereocenters. The van der Waals surface area contributed by atoms with Crippen LogP contribution in [-0.2, 0) is 0 Å². The number of aromatic nitrogens is 1. The quantitative estimate of drug-likeness (QED) is 0.825. The second-order valence-corrected chi connectivity index (χ2v) is 4.57. The third-order valence-electron chi connectivity index (χ3n) is 2.32. The normalized spacial score (nSPS) is 12.5. The van der Waals surface area contributed by atoms with E-state index in [0.717, 1.165) is 0 Å². The van der Waals surface area contributed by atoms with E-state index in [0.29, 0.717) is 16.8 Å². The van der Waals surface area contributed by atoms with Crippen LogP contribution < -0.4 is 10.9 Å². The van der Waals surface area contributed by atoms with Crippen LogP contribution in [0.4, 0.5) is 0 Å². The van der Waals surface area contributed by atoms with Gasteiger partial charge >= 0.3 is 0 Å². The van der Waals surface area contributed by atoms with Crippen LogP contribution in [0.1, 0.15) is 24.2 Å². The Morgan fingerprint density at radius 2 is 2.25 bits per heavy atom. The summed E-state index contributed by atoms with van der Waals surface area (Å²) >= 11 is 3.35. The van der Waals surface area contributed by atoms with Gasteiger partial charge in [-0.05, 0) is 12.0 Å².